The number of carbonyl (C=O) groups is 1. The van der Waals surface area contributed by atoms with Crippen LogP contribution in [0.4, 0.5) is 0 Å². The normalized spacial score (nSPS) is 20.4. The summed E-state index contributed by atoms with van der Waals surface area (Å²) >= 11 is 0. The maximum absolute atomic E-state index is 12.0. The van der Waals surface area contributed by atoms with E-state index in [0.717, 1.165) is 37.9 Å². The summed E-state index contributed by atoms with van der Waals surface area (Å²) in [6.07, 6.45) is 7.76. The number of hydrogen-bond donors (Lipinski definition) is 2. The van der Waals surface area contributed by atoms with Gasteiger partial charge in [0.1, 0.15) is 6.54 Å². The van der Waals surface area contributed by atoms with Crippen molar-refractivity contribution in [2.24, 2.45) is 4.99 Å². The first-order chi connectivity index (χ1) is 14.0. The minimum absolute atomic E-state index is 0.00881. The van der Waals surface area contributed by atoms with E-state index in [4.69, 9.17) is 0 Å². The SMILES string of the molecule is CC(NC(=NCC(=O)N(C)C)NC1CCN(C2CCCC2)CC1)c1ccccc1. The van der Waals surface area contributed by atoms with Crippen molar-refractivity contribution in [3.05, 3.63) is 35.9 Å². The van der Waals surface area contributed by atoms with Crippen LogP contribution >= 0.6 is 0 Å². The maximum atomic E-state index is 12.0. The highest BCUT2D eigenvalue weighted by atomic mass is 16.2. The summed E-state index contributed by atoms with van der Waals surface area (Å²) < 4.78 is 0. The van der Waals surface area contributed by atoms with Gasteiger partial charge in [0, 0.05) is 39.3 Å². The topological polar surface area (TPSA) is 60.0 Å². The number of hydrogen-bond acceptors (Lipinski definition) is 3. The molecule has 0 spiro atoms. The van der Waals surface area contributed by atoms with Crippen molar-refractivity contribution in [3.8, 4) is 0 Å². The van der Waals surface area contributed by atoms with Crippen molar-refractivity contribution >= 4 is 11.9 Å². The second-order valence-electron chi connectivity index (χ2n) is 8.62. The van der Waals surface area contributed by atoms with Gasteiger partial charge in [0.05, 0.1) is 6.04 Å². The molecular formula is C23H37N5O. The van der Waals surface area contributed by atoms with Crippen LogP contribution in [-0.2, 0) is 4.79 Å². The third-order valence-electron chi connectivity index (χ3n) is 6.24. The fourth-order valence-corrected chi connectivity index (χ4v) is 4.32. The Balaban J connectivity index is 1.58. The first kappa shape index (κ1) is 21.6. The highest BCUT2D eigenvalue weighted by molar-refractivity contribution is 5.85. The first-order valence-corrected chi connectivity index (χ1v) is 11.1. The molecule has 1 saturated carbocycles. The smallest absolute Gasteiger partial charge is 0.243 e. The molecule has 0 radical (unpaired) electrons. The fraction of sp³-hybridized carbons (Fsp3) is 0.652. The average Bonchev–Trinajstić information content (AvgIpc) is 3.27. The zero-order valence-electron chi connectivity index (χ0n) is 18.2. The Hall–Kier alpha value is -2.08. The number of benzene rings is 1. The van der Waals surface area contributed by atoms with Gasteiger partial charge in [-0.25, -0.2) is 4.99 Å². The number of carbonyl (C=O) groups excluding carboxylic acids is 1. The van der Waals surface area contributed by atoms with Crippen LogP contribution in [0.15, 0.2) is 35.3 Å². The van der Waals surface area contributed by atoms with Crippen LogP contribution in [0.1, 0.15) is 57.1 Å². The number of amides is 1. The van der Waals surface area contributed by atoms with Gasteiger partial charge in [-0.2, -0.15) is 0 Å². The van der Waals surface area contributed by atoms with Gasteiger partial charge in [0.25, 0.3) is 0 Å². The van der Waals surface area contributed by atoms with Gasteiger partial charge in [-0.15, -0.1) is 0 Å². The van der Waals surface area contributed by atoms with Crippen molar-refractivity contribution in [2.75, 3.05) is 33.7 Å². The number of piperidine rings is 1. The number of guanidine groups is 1. The molecule has 2 fully saturated rings. The van der Waals surface area contributed by atoms with E-state index in [1.54, 1.807) is 19.0 Å². The molecule has 1 aromatic carbocycles. The number of likely N-dealkylation sites (tertiary alicyclic amines) is 1. The molecule has 2 N–H and O–H groups in total. The van der Waals surface area contributed by atoms with E-state index in [0.29, 0.717) is 6.04 Å². The number of nitrogens with one attached hydrogen (secondary N) is 2. The minimum Gasteiger partial charge on any atom is -0.354 e. The highest BCUT2D eigenvalue weighted by Gasteiger charge is 2.27. The molecule has 6 nitrogen and oxygen atoms in total. The van der Waals surface area contributed by atoms with Gasteiger partial charge in [0.2, 0.25) is 5.91 Å². The fourth-order valence-electron chi connectivity index (χ4n) is 4.32. The van der Waals surface area contributed by atoms with Gasteiger partial charge in [-0.05, 0) is 38.2 Å². The van der Waals surface area contributed by atoms with E-state index in [-0.39, 0.29) is 18.5 Å². The number of aliphatic imine (C=N–C) groups is 1. The second-order valence-corrected chi connectivity index (χ2v) is 8.62. The minimum atomic E-state index is 0.00881. The molecule has 1 saturated heterocycles. The monoisotopic (exact) mass is 399 g/mol. The lowest BCUT2D eigenvalue weighted by Gasteiger charge is -2.37. The van der Waals surface area contributed by atoms with Gasteiger partial charge in [-0.3, -0.25) is 4.79 Å². The lowest BCUT2D eigenvalue weighted by molar-refractivity contribution is -0.127. The number of nitrogens with zero attached hydrogens (tertiary/aromatic N) is 3. The van der Waals surface area contributed by atoms with Gasteiger partial charge in [0.15, 0.2) is 5.96 Å². The van der Waals surface area contributed by atoms with Gasteiger partial charge >= 0.3 is 0 Å². The predicted molar refractivity (Wildman–Crippen MR) is 119 cm³/mol. The number of likely N-dealkylation sites (N-methyl/N-ethyl adjacent to an activating group) is 1. The second kappa shape index (κ2) is 10.6. The summed E-state index contributed by atoms with van der Waals surface area (Å²) in [6.45, 7) is 4.59. The summed E-state index contributed by atoms with van der Waals surface area (Å²) in [5.41, 5.74) is 1.21. The molecule has 1 aromatic rings. The summed E-state index contributed by atoms with van der Waals surface area (Å²) in [5, 5.41) is 7.10. The molecule has 0 bridgehead atoms. The molecule has 1 amide bonds. The largest absolute Gasteiger partial charge is 0.354 e. The van der Waals surface area contributed by atoms with Gasteiger partial charge in [-0.1, -0.05) is 43.2 Å². The van der Waals surface area contributed by atoms with E-state index in [2.05, 4.69) is 39.6 Å². The zero-order chi connectivity index (χ0) is 20.6. The third kappa shape index (κ3) is 6.46. The first-order valence-electron chi connectivity index (χ1n) is 11.1. The molecular weight excluding hydrogens is 362 g/mol. The Morgan fingerprint density at radius 2 is 1.79 bits per heavy atom. The lowest BCUT2D eigenvalue weighted by Crippen LogP contribution is -2.50. The number of rotatable bonds is 6. The molecule has 0 aromatic heterocycles. The summed E-state index contributed by atoms with van der Waals surface area (Å²) in [7, 11) is 3.54. The molecule has 2 aliphatic rings. The van der Waals surface area contributed by atoms with Crippen LogP contribution in [0.2, 0.25) is 0 Å². The molecule has 6 heteroatoms. The highest BCUT2D eigenvalue weighted by Crippen LogP contribution is 2.26. The summed E-state index contributed by atoms with van der Waals surface area (Å²) in [6, 6.07) is 11.7. The lowest BCUT2D eigenvalue weighted by atomic mass is 10.0. The summed E-state index contributed by atoms with van der Waals surface area (Å²) in [5.74, 6) is 0.741. The van der Waals surface area contributed by atoms with E-state index in [9.17, 15) is 4.79 Å². The van der Waals surface area contributed by atoms with Crippen LogP contribution in [0.3, 0.4) is 0 Å². The maximum Gasteiger partial charge on any atom is 0.243 e. The van der Waals surface area contributed by atoms with Crippen LogP contribution in [0.5, 0.6) is 0 Å². The molecule has 160 valence electrons. The van der Waals surface area contributed by atoms with Crippen molar-refractivity contribution in [1.82, 2.24) is 20.4 Å². The Kier molecular flexibility index (Phi) is 7.92. The van der Waals surface area contributed by atoms with Crippen LogP contribution in [0, 0.1) is 0 Å². The van der Waals surface area contributed by atoms with E-state index >= 15 is 0 Å². The van der Waals surface area contributed by atoms with Crippen molar-refractivity contribution < 1.29 is 4.79 Å². The average molecular weight is 400 g/mol. The van der Waals surface area contributed by atoms with Crippen LogP contribution in [0.25, 0.3) is 0 Å². The zero-order valence-corrected chi connectivity index (χ0v) is 18.2. The van der Waals surface area contributed by atoms with E-state index in [1.807, 2.05) is 18.2 Å². The Bertz CT molecular complexity index is 661. The Morgan fingerprint density at radius 1 is 1.14 bits per heavy atom. The third-order valence-corrected chi connectivity index (χ3v) is 6.24. The van der Waals surface area contributed by atoms with Crippen molar-refractivity contribution in [3.63, 3.8) is 0 Å². The quantitative estimate of drug-likeness (QED) is 0.570. The molecule has 1 aliphatic carbocycles. The Labute approximate surface area is 175 Å². The standard InChI is InChI=1S/C23H37N5O/c1-18(19-9-5-4-6-10-19)25-23(24-17-22(29)27(2)3)26-20-13-15-28(16-14-20)21-11-7-8-12-21/h4-6,9-10,18,20-21H,7-8,11-17H2,1-3H3,(H2,24,25,26). The molecule has 1 heterocycles. The molecule has 1 aliphatic heterocycles. The molecule has 1 unspecified atom stereocenters. The van der Waals surface area contributed by atoms with E-state index < -0.39 is 0 Å². The Morgan fingerprint density at radius 3 is 2.41 bits per heavy atom. The molecule has 3 rings (SSSR count). The van der Waals surface area contributed by atoms with Crippen molar-refractivity contribution in [1.29, 1.82) is 0 Å². The van der Waals surface area contributed by atoms with Crippen molar-refractivity contribution in [2.45, 2.75) is 63.6 Å². The molecule has 29 heavy (non-hydrogen) atoms. The summed E-state index contributed by atoms with van der Waals surface area (Å²) in [4.78, 5) is 20.9. The van der Waals surface area contributed by atoms with Crippen LogP contribution < -0.4 is 10.6 Å². The molecule has 1 atom stereocenters. The van der Waals surface area contributed by atoms with E-state index in [1.165, 1.54) is 31.2 Å². The van der Waals surface area contributed by atoms with Gasteiger partial charge < -0.3 is 20.4 Å². The van der Waals surface area contributed by atoms with Crippen LogP contribution in [-0.4, -0.2) is 67.5 Å². The predicted octanol–water partition coefficient (Wildman–Crippen LogP) is 2.78.